The minimum Gasteiger partial charge on any atom is -0.310 e. The van der Waals surface area contributed by atoms with Gasteiger partial charge in [-0.05, 0) is 23.3 Å². The first-order valence-corrected chi connectivity index (χ1v) is 6.74. The summed E-state index contributed by atoms with van der Waals surface area (Å²) in [5, 5.41) is 14.0. The van der Waals surface area contributed by atoms with Gasteiger partial charge in [0.1, 0.15) is 5.82 Å². The molecular formula is C16H17FN2O2. The first kappa shape index (κ1) is 15.1. The van der Waals surface area contributed by atoms with Gasteiger partial charge in [0.15, 0.2) is 0 Å². The van der Waals surface area contributed by atoms with Crippen molar-refractivity contribution < 1.29 is 9.31 Å². The molecule has 0 aliphatic rings. The van der Waals surface area contributed by atoms with Gasteiger partial charge in [-0.1, -0.05) is 32.0 Å². The van der Waals surface area contributed by atoms with Gasteiger partial charge >= 0.3 is 0 Å². The maximum absolute atomic E-state index is 13.8. The molecule has 2 aromatic carbocycles. The molecule has 0 spiro atoms. The van der Waals surface area contributed by atoms with Crippen molar-refractivity contribution >= 4 is 5.69 Å². The molecule has 2 aromatic rings. The zero-order valence-electron chi connectivity index (χ0n) is 12.0. The van der Waals surface area contributed by atoms with Crippen molar-refractivity contribution in [1.29, 1.82) is 0 Å². The Kier molecular flexibility index (Phi) is 4.65. The molecular weight excluding hydrogens is 271 g/mol. The van der Waals surface area contributed by atoms with Gasteiger partial charge in [-0.25, -0.2) is 4.39 Å². The van der Waals surface area contributed by atoms with E-state index in [1.165, 1.54) is 18.2 Å². The summed E-state index contributed by atoms with van der Waals surface area (Å²) in [5.74, 6) is -0.280. The number of halogens is 1. The summed E-state index contributed by atoms with van der Waals surface area (Å²) in [6.07, 6.45) is 0. The van der Waals surface area contributed by atoms with Crippen molar-refractivity contribution in [2.24, 2.45) is 0 Å². The maximum Gasteiger partial charge on any atom is 0.270 e. The molecule has 0 radical (unpaired) electrons. The highest BCUT2D eigenvalue weighted by Crippen LogP contribution is 2.25. The van der Waals surface area contributed by atoms with E-state index in [9.17, 15) is 14.5 Å². The second-order valence-electron chi connectivity index (χ2n) is 5.15. The number of benzene rings is 2. The summed E-state index contributed by atoms with van der Waals surface area (Å²) in [7, 11) is 0. The van der Waals surface area contributed by atoms with Crippen molar-refractivity contribution in [2.45, 2.75) is 26.4 Å². The molecule has 21 heavy (non-hydrogen) atoms. The Balaban J connectivity index is 2.34. The molecule has 0 saturated carbocycles. The highest BCUT2D eigenvalue weighted by atomic mass is 19.1. The smallest absolute Gasteiger partial charge is 0.270 e. The minimum absolute atomic E-state index is 0.0266. The number of nitrogens with one attached hydrogen (secondary N) is 1. The monoisotopic (exact) mass is 288 g/mol. The topological polar surface area (TPSA) is 55.2 Å². The Morgan fingerprint density at radius 2 is 1.90 bits per heavy atom. The van der Waals surface area contributed by atoms with Crippen LogP contribution in [0.3, 0.4) is 0 Å². The average Bonchev–Trinajstić information content (AvgIpc) is 2.46. The molecule has 0 aliphatic heterocycles. The molecule has 2 rings (SSSR count). The number of nitrogens with zero attached hydrogens (tertiary/aromatic N) is 1. The SMILES string of the molecule is CC(C)NCc1cc(-c2cccc([N+](=O)[O-])c2)ccc1F. The molecule has 0 saturated heterocycles. The van der Waals surface area contributed by atoms with E-state index in [2.05, 4.69) is 5.32 Å². The third kappa shape index (κ3) is 3.86. The molecule has 0 aliphatic carbocycles. The van der Waals surface area contributed by atoms with Gasteiger partial charge in [-0.15, -0.1) is 0 Å². The summed E-state index contributed by atoms with van der Waals surface area (Å²) in [6.45, 7) is 4.40. The zero-order chi connectivity index (χ0) is 15.4. The molecule has 0 atom stereocenters. The van der Waals surface area contributed by atoms with Crippen LogP contribution in [0.25, 0.3) is 11.1 Å². The summed E-state index contributed by atoms with van der Waals surface area (Å²) >= 11 is 0. The van der Waals surface area contributed by atoms with Crippen LogP contribution in [-0.4, -0.2) is 11.0 Å². The van der Waals surface area contributed by atoms with Crippen LogP contribution in [0, 0.1) is 15.9 Å². The van der Waals surface area contributed by atoms with Gasteiger partial charge in [0, 0.05) is 30.3 Å². The Bertz CT molecular complexity index is 656. The van der Waals surface area contributed by atoms with Crippen LogP contribution in [0.4, 0.5) is 10.1 Å². The van der Waals surface area contributed by atoms with Gasteiger partial charge in [-0.2, -0.15) is 0 Å². The lowest BCUT2D eigenvalue weighted by Gasteiger charge is -2.10. The van der Waals surface area contributed by atoms with Crippen molar-refractivity contribution in [3.05, 3.63) is 64.0 Å². The molecule has 4 nitrogen and oxygen atoms in total. The van der Waals surface area contributed by atoms with Gasteiger partial charge in [0.2, 0.25) is 0 Å². The van der Waals surface area contributed by atoms with Crippen molar-refractivity contribution in [2.75, 3.05) is 0 Å². The average molecular weight is 288 g/mol. The van der Waals surface area contributed by atoms with E-state index in [1.54, 1.807) is 24.3 Å². The van der Waals surface area contributed by atoms with E-state index in [0.29, 0.717) is 17.7 Å². The molecule has 0 unspecified atom stereocenters. The lowest BCUT2D eigenvalue weighted by atomic mass is 10.0. The van der Waals surface area contributed by atoms with Crippen LogP contribution >= 0.6 is 0 Å². The van der Waals surface area contributed by atoms with E-state index < -0.39 is 4.92 Å². The van der Waals surface area contributed by atoms with Gasteiger partial charge < -0.3 is 5.32 Å². The van der Waals surface area contributed by atoms with Crippen molar-refractivity contribution in [3.8, 4) is 11.1 Å². The minimum atomic E-state index is -0.436. The third-order valence-electron chi connectivity index (χ3n) is 3.14. The number of hydrogen-bond acceptors (Lipinski definition) is 3. The molecule has 5 heteroatoms. The third-order valence-corrected chi connectivity index (χ3v) is 3.14. The number of rotatable bonds is 5. The van der Waals surface area contributed by atoms with E-state index in [4.69, 9.17) is 0 Å². The fourth-order valence-electron chi connectivity index (χ4n) is 2.00. The van der Waals surface area contributed by atoms with Gasteiger partial charge in [0.05, 0.1) is 4.92 Å². The van der Waals surface area contributed by atoms with E-state index >= 15 is 0 Å². The van der Waals surface area contributed by atoms with E-state index in [-0.39, 0.29) is 17.5 Å². The fraction of sp³-hybridized carbons (Fsp3) is 0.250. The lowest BCUT2D eigenvalue weighted by molar-refractivity contribution is -0.384. The number of nitro benzene ring substituents is 1. The van der Waals surface area contributed by atoms with Gasteiger partial charge in [-0.3, -0.25) is 10.1 Å². The predicted octanol–water partition coefficient (Wildman–Crippen LogP) is 3.90. The van der Waals surface area contributed by atoms with E-state index in [0.717, 1.165) is 5.56 Å². The molecule has 0 bridgehead atoms. The number of nitro groups is 1. The Morgan fingerprint density at radius 3 is 2.57 bits per heavy atom. The quantitative estimate of drug-likeness (QED) is 0.670. The van der Waals surface area contributed by atoms with E-state index in [1.807, 2.05) is 13.8 Å². The van der Waals surface area contributed by atoms with Crippen LogP contribution in [0.15, 0.2) is 42.5 Å². The van der Waals surface area contributed by atoms with Crippen LogP contribution in [0.5, 0.6) is 0 Å². The molecule has 0 fully saturated rings. The summed E-state index contributed by atoms with van der Waals surface area (Å²) < 4.78 is 13.8. The lowest BCUT2D eigenvalue weighted by Crippen LogP contribution is -2.22. The maximum atomic E-state index is 13.8. The highest BCUT2D eigenvalue weighted by molar-refractivity contribution is 5.66. The standard InChI is InChI=1S/C16H17FN2O2/c1-11(2)18-10-14-8-13(6-7-16(14)17)12-4-3-5-15(9-12)19(20)21/h3-9,11,18H,10H2,1-2H3. The molecule has 0 heterocycles. The summed E-state index contributed by atoms with van der Waals surface area (Å²) in [4.78, 5) is 10.4. The number of hydrogen-bond donors (Lipinski definition) is 1. The predicted molar refractivity (Wildman–Crippen MR) is 80.5 cm³/mol. The fourth-order valence-corrected chi connectivity index (χ4v) is 2.00. The number of non-ortho nitro benzene ring substituents is 1. The van der Waals surface area contributed by atoms with Crippen molar-refractivity contribution in [3.63, 3.8) is 0 Å². The largest absolute Gasteiger partial charge is 0.310 e. The zero-order valence-corrected chi connectivity index (χ0v) is 12.0. The molecule has 0 amide bonds. The first-order valence-electron chi connectivity index (χ1n) is 6.74. The van der Waals surface area contributed by atoms with Crippen molar-refractivity contribution in [1.82, 2.24) is 5.32 Å². The second-order valence-corrected chi connectivity index (χ2v) is 5.15. The molecule has 110 valence electrons. The highest BCUT2D eigenvalue weighted by Gasteiger charge is 2.09. The molecule has 0 aromatic heterocycles. The van der Waals surface area contributed by atoms with Crippen LogP contribution in [-0.2, 0) is 6.54 Å². The second kappa shape index (κ2) is 6.45. The summed E-state index contributed by atoms with van der Waals surface area (Å²) in [5.41, 5.74) is 2.04. The first-order chi connectivity index (χ1) is 9.97. The van der Waals surface area contributed by atoms with Crippen LogP contribution in [0.2, 0.25) is 0 Å². The Morgan fingerprint density at radius 1 is 1.19 bits per heavy atom. The van der Waals surface area contributed by atoms with Gasteiger partial charge in [0.25, 0.3) is 5.69 Å². The van der Waals surface area contributed by atoms with Crippen LogP contribution in [0.1, 0.15) is 19.4 Å². The normalized spacial score (nSPS) is 10.9. The Labute approximate surface area is 122 Å². The summed E-state index contributed by atoms with van der Waals surface area (Å²) in [6, 6.07) is 11.3. The Hall–Kier alpha value is -2.27. The molecule has 1 N–H and O–H groups in total. The van der Waals surface area contributed by atoms with Crippen LogP contribution < -0.4 is 5.32 Å².